The van der Waals surface area contributed by atoms with E-state index in [9.17, 15) is 0 Å². The molecular weight excluding hydrogens is 226 g/mol. The smallest absolute Gasteiger partial charge is 0.0673 e. The first-order valence-electron chi connectivity index (χ1n) is 6.07. The first-order chi connectivity index (χ1) is 8.27. The predicted molar refractivity (Wildman–Crippen MR) is 75.8 cm³/mol. The average molecular weight is 245 g/mol. The van der Waals surface area contributed by atoms with Crippen LogP contribution in [0.15, 0.2) is 35.7 Å². The standard InChI is InChI=1S/C15H19NS/c1-4-12-7-5-6-8-13(12)14(16-3)15-11(2)9-10-17-15/h5-10,14,16H,4H2,1-3H3. The van der Waals surface area contributed by atoms with Crippen LogP contribution in [0.25, 0.3) is 0 Å². The van der Waals surface area contributed by atoms with Crippen LogP contribution in [0.2, 0.25) is 0 Å². The number of rotatable bonds is 4. The number of nitrogens with one attached hydrogen (secondary N) is 1. The van der Waals surface area contributed by atoms with Gasteiger partial charge in [-0.25, -0.2) is 0 Å². The summed E-state index contributed by atoms with van der Waals surface area (Å²) in [6.07, 6.45) is 1.08. The summed E-state index contributed by atoms with van der Waals surface area (Å²) < 4.78 is 0. The summed E-state index contributed by atoms with van der Waals surface area (Å²) in [4.78, 5) is 1.42. The average Bonchev–Trinajstić information content (AvgIpc) is 2.78. The second-order valence-electron chi connectivity index (χ2n) is 4.24. The zero-order chi connectivity index (χ0) is 12.3. The molecule has 0 fully saturated rings. The van der Waals surface area contributed by atoms with Crippen LogP contribution in [0.4, 0.5) is 0 Å². The van der Waals surface area contributed by atoms with E-state index in [1.807, 2.05) is 18.4 Å². The van der Waals surface area contributed by atoms with E-state index in [0.29, 0.717) is 6.04 Å². The summed E-state index contributed by atoms with van der Waals surface area (Å²) in [7, 11) is 2.04. The summed E-state index contributed by atoms with van der Waals surface area (Å²) in [5, 5.41) is 5.62. The fourth-order valence-corrected chi connectivity index (χ4v) is 3.30. The molecule has 0 aliphatic carbocycles. The Morgan fingerprint density at radius 1 is 1.24 bits per heavy atom. The van der Waals surface area contributed by atoms with Crippen molar-refractivity contribution < 1.29 is 0 Å². The van der Waals surface area contributed by atoms with Crippen LogP contribution >= 0.6 is 11.3 Å². The fourth-order valence-electron chi connectivity index (χ4n) is 2.25. The Morgan fingerprint density at radius 3 is 2.59 bits per heavy atom. The molecule has 1 aromatic heterocycles. The minimum Gasteiger partial charge on any atom is -0.309 e. The van der Waals surface area contributed by atoms with Crippen LogP contribution in [0.5, 0.6) is 0 Å². The second kappa shape index (κ2) is 5.48. The van der Waals surface area contributed by atoms with Crippen molar-refractivity contribution in [2.45, 2.75) is 26.3 Å². The minimum absolute atomic E-state index is 0.325. The third-order valence-corrected chi connectivity index (χ3v) is 4.28. The highest BCUT2D eigenvalue weighted by molar-refractivity contribution is 7.10. The van der Waals surface area contributed by atoms with Gasteiger partial charge in [-0.2, -0.15) is 0 Å². The molecule has 0 saturated carbocycles. The second-order valence-corrected chi connectivity index (χ2v) is 5.19. The minimum atomic E-state index is 0.325. The zero-order valence-corrected chi connectivity index (χ0v) is 11.5. The molecule has 0 amide bonds. The third-order valence-electron chi connectivity index (χ3n) is 3.20. The molecule has 0 spiro atoms. The van der Waals surface area contributed by atoms with Crippen LogP contribution in [-0.2, 0) is 6.42 Å². The van der Waals surface area contributed by atoms with E-state index < -0.39 is 0 Å². The fraction of sp³-hybridized carbons (Fsp3) is 0.333. The van der Waals surface area contributed by atoms with E-state index in [0.717, 1.165) is 6.42 Å². The number of thiophene rings is 1. The van der Waals surface area contributed by atoms with Gasteiger partial charge in [-0.1, -0.05) is 31.2 Å². The van der Waals surface area contributed by atoms with Crippen molar-refractivity contribution in [1.82, 2.24) is 5.32 Å². The monoisotopic (exact) mass is 245 g/mol. The molecule has 1 heterocycles. The van der Waals surface area contributed by atoms with Crippen molar-refractivity contribution in [2.24, 2.45) is 0 Å². The Bertz CT molecular complexity index is 487. The molecule has 0 bridgehead atoms. The van der Waals surface area contributed by atoms with E-state index in [-0.39, 0.29) is 0 Å². The Labute approximate surface area is 108 Å². The Hall–Kier alpha value is -1.12. The summed E-state index contributed by atoms with van der Waals surface area (Å²) in [5.41, 5.74) is 4.21. The molecular formula is C15H19NS. The van der Waals surface area contributed by atoms with Crippen molar-refractivity contribution in [2.75, 3.05) is 7.05 Å². The molecule has 17 heavy (non-hydrogen) atoms. The topological polar surface area (TPSA) is 12.0 Å². The lowest BCUT2D eigenvalue weighted by atomic mass is 9.96. The van der Waals surface area contributed by atoms with E-state index in [4.69, 9.17) is 0 Å². The first kappa shape index (κ1) is 12.3. The van der Waals surface area contributed by atoms with E-state index >= 15 is 0 Å². The van der Waals surface area contributed by atoms with Crippen LogP contribution in [0.3, 0.4) is 0 Å². The maximum absolute atomic E-state index is 3.45. The lowest BCUT2D eigenvalue weighted by Crippen LogP contribution is -2.18. The van der Waals surface area contributed by atoms with Gasteiger partial charge in [0.25, 0.3) is 0 Å². The number of benzene rings is 1. The van der Waals surface area contributed by atoms with Crippen molar-refractivity contribution in [1.29, 1.82) is 0 Å². The lowest BCUT2D eigenvalue weighted by Gasteiger charge is -2.19. The number of hydrogen-bond donors (Lipinski definition) is 1. The van der Waals surface area contributed by atoms with Gasteiger partial charge in [-0.05, 0) is 48.5 Å². The van der Waals surface area contributed by atoms with Crippen molar-refractivity contribution in [3.63, 3.8) is 0 Å². The normalized spacial score (nSPS) is 12.6. The molecule has 0 radical (unpaired) electrons. The molecule has 90 valence electrons. The van der Waals surface area contributed by atoms with Crippen LogP contribution < -0.4 is 5.32 Å². The molecule has 1 atom stereocenters. The molecule has 0 saturated heterocycles. The molecule has 2 heteroatoms. The Kier molecular flexibility index (Phi) is 3.97. The summed E-state index contributed by atoms with van der Waals surface area (Å²) >= 11 is 1.83. The van der Waals surface area contributed by atoms with Gasteiger partial charge in [0, 0.05) is 4.88 Å². The van der Waals surface area contributed by atoms with Gasteiger partial charge in [-0.3, -0.25) is 0 Å². The highest BCUT2D eigenvalue weighted by Gasteiger charge is 2.17. The molecule has 0 aliphatic rings. The zero-order valence-electron chi connectivity index (χ0n) is 10.7. The molecule has 1 aromatic carbocycles. The first-order valence-corrected chi connectivity index (χ1v) is 6.95. The van der Waals surface area contributed by atoms with Crippen molar-refractivity contribution >= 4 is 11.3 Å². The van der Waals surface area contributed by atoms with Gasteiger partial charge in [-0.15, -0.1) is 11.3 Å². The van der Waals surface area contributed by atoms with Gasteiger partial charge >= 0.3 is 0 Å². The molecule has 2 aromatic rings. The van der Waals surface area contributed by atoms with Gasteiger partial charge in [0.2, 0.25) is 0 Å². The summed E-state index contributed by atoms with van der Waals surface area (Å²) in [5.74, 6) is 0. The van der Waals surface area contributed by atoms with Gasteiger partial charge in [0.15, 0.2) is 0 Å². The summed E-state index contributed by atoms with van der Waals surface area (Å²) in [6.45, 7) is 4.40. The predicted octanol–water partition coefficient (Wildman–Crippen LogP) is 3.93. The number of aryl methyl sites for hydroxylation is 2. The van der Waals surface area contributed by atoms with Gasteiger partial charge < -0.3 is 5.32 Å². The summed E-state index contributed by atoms with van der Waals surface area (Å²) in [6, 6.07) is 11.2. The third kappa shape index (κ3) is 2.43. The van der Waals surface area contributed by atoms with Gasteiger partial charge in [0.1, 0.15) is 0 Å². The molecule has 1 unspecified atom stereocenters. The number of hydrogen-bond acceptors (Lipinski definition) is 2. The van der Waals surface area contributed by atoms with E-state index in [1.165, 1.54) is 21.6 Å². The van der Waals surface area contributed by atoms with Crippen LogP contribution in [-0.4, -0.2) is 7.05 Å². The maximum atomic E-state index is 3.45. The molecule has 1 nitrogen and oxygen atoms in total. The SMILES string of the molecule is CCc1ccccc1C(NC)c1sccc1C. The van der Waals surface area contributed by atoms with Crippen LogP contribution in [0, 0.1) is 6.92 Å². The highest BCUT2D eigenvalue weighted by atomic mass is 32.1. The molecule has 1 N–H and O–H groups in total. The largest absolute Gasteiger partial charge is 0.309 e. The molecule has 2 rings (SSSR count). The Balaban J connectivity index is 2.46. The van der Waals surface area contributed by atoms with E-state index in [2.05, 4.69) is 54.9 Å². The van der Waals surface area contributed by atoms with E-state index in [1.54, 1.807) is 0 Å². The highest BCUT2D eigenvalue weighted by Crippen LogP contribution is 2.31. The molecule has 0 aliphatic heterocycles. The van der Waals surface area contributed by atoms with Crippen molar-refractivity contribution in [3.05, 3.63) is 57.3 Å². The maximum Gasteiger partial charge on any atom is 0.0673 e. The lowest BCUT2D eigenvalue weighted by molar-refractivity contribution is 0.692. The quantitative estimate of drug-likeness (QED) is 0.860. The van der Waals surface area contributed by atoms with Crippen LogP contribution in [0.1, 0.15) is 34.5 Å². The Morgan fingerprint density at radius 2 is 2.00 bits per heavy atom. The van der Waals surface area contributed by atoms with Gasteiger partial charge in [0.05, 0.1) is 6.04 Å². The van der Waals surface area contributed by atoms with Crippen molar-refractivity contribution in [3.8, 4) is 0 Å².